The van der Waals surface area contributed by atoms with Crippen molar-refractivity contribution in [3.05, 3.63) is 88.4 Å². The summed E-state index contributed by atoms with van der Waals surface area (Å²) >= 11 is 0. The second-order valence-corrected chi connectivity index (χ2v) is 9.43. The number of aromatic nitrogens is 2. The lowest BCUT2D eigenvalue weighted by molar-refractivity contribution is -0.139. The monoisotopic (exact) mass is 518 g/mol. The molecule has 1 aromatic heterocycles. The van der Waals surface area contributed by atoms with Gasteiger partial charge in [0.1, 0.15) is 0 Å². The van der Waals surface area contributed by atoms with E-state index >= 15 is 4.39 Å². The molecule has 38 heavy (non-hydrogen) atoms. The number of carbonyl (C=O) groups excluding carboxylic acids is 3. The van der Waals surface area contributed by atoms with Crippen LogP contribution in [0.5, 0.6) is 0 Å². The number of nitrogens with zero attached hydrogens (tertiary/aromatic N) is 3. The standard InChI is InChI=1S/C27H24F2N6O3/c1-30-15-32-26(38)25(37)31-14-16-4-2-3-5-19(16)24(36)33-27(9-10-27)20-12-17(13-21(28)23(20)29)22-8-11-35(34-22)18-6-7-18/h2-5,8,11-13,18H,6-7,9-10,14-15H2,(H,31,37)(H,32,38)(H,33,36). The summed E-state index contributed by atoms with van der Waals surface area (Å²) in [5.74, 6) is -4.45. The molecule has 3 amide bonds. The normalized spacial score (nSPS) is 15.3. The number of nitrogens with one attached hydrogen (secondary N) is 3. The van der Waals surface area contributed by atoms with Crippen LogP contribution < -0.4 is 16.0 Å². The quantitative estimate of drug-likeness (QED) is 0.314. The smallest absolute Gasteiger partial charge is 0.314 e. The molecule has 3 N–H and O–H groups in total. The molecular formula is C27H24F2N6O3. The van der Waals surface area contributed by atoms with Crippen molar-refractivity contribution >= 4 is 17.7 Å². The van der Waals surface area contributed by atoms with E-state index in [9.17, 15) is 18.8 Å². The first-order valence-electron chi connectivity index (χ1n) is 12.2. The lowest BCUT2D eigenvalue weighted by Crippen LogP contribution is -2.40. The van der Waals surface area contributed by atoms with Gasteiger partial charge >= 0.3 is 11.8 Å². The summed E-state index contributed by atoms with van der Waals surface area (Å²) in [5.41, 5.74) is 0.592. The predicted molar refractivity (Wildman–Crippen MR) is 132 cm³/mol. The minimum Gasteiger partial charge on any atom is -0.344 e. The Balaban J connectivity index is 1.34. The van der Waals surface area contributed by atoms with Crippen molar-refractivity contribution < 1.29 is 23.2 Å². The molecular weight excluding hydrogens is 494 g/mol. The third-order valence-corrected chi connectivity index (χ3v) is 6.70. The van der Waals surface area contributed by atoms with Crippen LogP contribution in [0.2, 0.25) is 0 Å². The highest BCUT2D eigenvalue weighted by Crippen LogP contribution is 2.48. The fourth-order valence-corrected chi connectivity index (χ4v) is 4.33. The maximum absolute atomic E-state index is 15.0. The van der Waals surface area contributed by atoms with Gasteiger partial charge < -0.3 is 10.6 Å². The van der Waals surface area contributed by atoms with Crippen LogP contribution in [0.15, 0.2) is 48.7 Å². The van der Waals surface area contributed by atoms with Gasteiger partial charge in [-0.3, -0.25) is 29.2 Å². The summed E-state index contributed by atoms with van der Waals surface area (Å²) in [7, 11) is 0. The molecule has 3 aromatic rings. The number of carbonyl (C=O) groups is 3. The van der Waals surface area contributed by atoms with E-state index in [2.05, 4.69) is 25.9 Å². The first-order chi connectivity index (χ1) is 18.3. The second kappa shape index (κ2) is 10.0. The molecule has 0 aliphatic heterocycles. The van der Waals surface area contributed by atoms with Crippen LogP contribution in [-0.2, 0) is 21.7 Å². The highest BCUT2D eigenvalue weighted by Gasteiger charge is 2.48. The van der Waals surface area contributed by atoms with Crippen molar-refractivity contribution in [2.75, 3.05) is 6.67 Å². The van der Waals surface area contributed by atoms with Gasteiger partial charge in [-0.1, -0.05) is 18.2 Å². The highest BCUT2D eigenvalue weighted by atomic mass is 19.2. The van der Waals surface area contributed by atoms with Gasteiger partial charge in [-0.15, -0.1) is 0 Å². The fraction of sp³-hybridized carbons (Fsp3) is 0.296. The molecule has 0 atom stereocenters. The van der Waals surface area contributed by atoms with Crippen LogP contribution >= 0.6 is 0 Å². The molecule has 2 saturated carbocycles. The molecule has 0 radical (unpaired) electrons. The van der Waals surface area contributed by atoms with Crippen molar-refractivity contribution in [2.45, 2.75) is 43.8 Å². The summed E-state index contributed by atoms with van der Waals surface area (Å²) in [6.45, 7) is 6.22. The number of hydrogen-bond donors (Lipinski definition) is 3. The number of hydrogen-bond acceptors (Lipinski definition) is 4. The summed E-state index contributed by atoms with van der Waals surface area (Å²) in [6.07, 6.45) is 4.76. The number of amides is 3. The van der Waals surface area contributed by atoms with Crippen LogP contribution in [0.4, 0.5) is 8.78 Å². The Kier molecular flexibility index (Phi) is 6.63. The first-order valence-corrected chi connectivity index (χ1v) is 12.2. The summed E-state index contributed by atoms with van der Waals surface area (Å²) in [6, 6.07) is 11.2. The Hall–Kier alpha value is -4.59. The van der Waals surface area contributed by atoms with Gasteiger partial charge in [-0.25, -0.2) is 15.4 Å². The second-order valence-electron chi connectivity index (χ2n) is 9.43. The Morgan fingerprint density at radius 3 is 2.53 bits per heavy atom. The van der Waals surface area contributed by atoms with Gasteiger partial charge in [0, 0.05) is 29.4 Å². The van der Waals surface area contributed by atoms with Gasteiger partial charge in [-0.05, 0) is 55.5 Å². The zero-order valence-electron chi connectivity index (χ0n) is 20.3. The van der Waals surface area contributed by atoms with E-state index in [1.165, 1.54) is 0 Å². The minimum absolute atomic E-state index is 0.0593. The molecule has 5 rings (SSSR count). The molecule has 0 unspecified atom stereocenters. The van der Waals surface area contributed by atoms with E-state index in [1.54, 1.807) is 36.4 Å². The van der Waals surface area contributed by atoms with Crippen molar-refractivity contribution in [2.24, 2.45) is 0 Å². The molecule has 1 heterocycles. The summed E-state index contributed by atoms with van der Waals surface area (Å²) < 4.78 is 31.5. The molecule has 194 valence electrons. The zero-order valence-corrected chi connectivity index (χ0v) is 20.3. The van der Waals surface area contributed by atoms with Crippen LogP contribution in [0, 0.1) is 18.2 Å². The topological polar surface area (TPSA) is 109 Å². The maximum atomic E-state index is 15.0. The Labute approximate surface area is 217 Å². The Morgan fingerprint density at radius 2 is 1.82 bits per heavy atom. The average Bonchev–Trinajstić information content (AvgIpc) is 3.86. The van der Waals surface area contributed by atoms with E-state index in [0.717, 1.165) is 18.9 Å². The molecule has 2 aliphatic carbocycles. The fourth-order valence-electron chi connectivity index (χ4n) is 4.33. The van der Waals surface area contributed by atoms with Gasteiger partial charge in [0.05, 0.1) is 17.3 Å². The Bertz CT molecular complexity index is 1470. The molecule has 11 heteroatoms. The lowest BCUT2D eigenvalue weighted by atomic mass is 9.98. The highest BCUT2D eigenvalue weighted by molar-refractivity contribution is 6.35. The van der Waals surface area contributed by atoms with E-state index in [0.29, 0.717) is 35.7 Å². The van der Waals surface area contributed by atoms with Gasteiger partial charge in [-0.2, -0.15) is 5.10 Å². The van der Waals surface area contributed by atoms with Crippen LogP contribution in [0.1, 0.15) is 53.2 Å². The van der Waals surface area contributed by atoms with Crippen LogP contribution in [-0.4, -0.2) is 34.2 Å². The van der Waals surface area contributed by atoms with E-state index in [4.69, 9.17) is 6.57 Å². The van der Waals surface area contributed by atoms with Crippen molar-refractivity contribution in [1.29, 1.82) is 0 Å². The van der Waals surface area contributed by atoms with Gasteiger partial charge in [0.25, 0.3) is 12.6 Å². The SMILES string of the molecule is [C-]#[N+]CNC(=O)C(=O)NCc1ccccc1C(=O)NC1(c2cc(-c3ccn(C4CC4)n3)cc(F)c2F)CC1. The van der Waals surface area contributed by atoms with Gasteiger partial charge in [0.2, 0.25) is 0 Å². The van der Waals surface area contributed by atoms with Crippen LogP contribution in [0.25, 0.3) is 16.1 Å². The van der Waals surface area contributed by atoms with E-state index in [1.807, 2.05) is 10.9 Å². The third-order valence-electron chi connectivity index (χ3n) is 6.70. The average molecular weight is 519 g/mol. The molecule has 0 spiro atoms. The van der Waals surface area contributed by atoms with Crippen LogP contribution in [0.3, 0.4) is 0 Å². The van der Waals surface area contributed by atoms with Crippen molar-refractivity contribution in [1.82, 2.24) is 25.7 Å². The molecule has 9 nitrogen and oxygen atoms in total. The maximum Gasteiger partial charge on any atom is 0.314 e. The predicted octanol–water partition coefficient (Wildman–Crippen LogP) is 3.19. The Morgan fingerprint density at radius 1 is 1.08 bits per heavy atom. The summed E-state index contributed by atoms with van der Waals surface area (Å²) in [4.78, 5) is 39.9. The molecule has 0 saturated heterocycles. The molecule has 2 fully saturated rings. The number of halogens is 2. The summed E-state index contributed by atoms with van der Waals surface area (Å²) in [5, 5.41) is 11.9. The third kappa shape index (κ3) is 5.11. The minimum atomic E-state index is -1.08. The molecule has 2 aliphatic rings. The number of benzene rings is 2. The van der Waals surface area contributed by atoms with Gasteiger partial charge in [0.15, 0.2) is 11.6 Å². The largest absolute Gasteiger partial charge is 0.344 e. The van der Waals surface area contributed by atoms with E-state index in [-0.39, 0.29) is 24.3 Å². The lowest BCUT2D eigenvalue weighted by Gasteiger charge is -2.21. The molecule has 0 bridgehead atoms. The van der Waals surface area contributed by atoms with Crippen molar-refractivity contribution in [3.8, 4) is 11.3 Å². The van der Waals surface area contributed by atoms with E-state index < -0.39 is 34.9 Å². The number of rotatable bonds is 8. The zero-order chi connectivity index (χ0) is 26.9. The first kappa shape index (κ1) is 25.1. The van der Waals surface area contributed by atoms with Crippen molar-refractivity contribution in [3.63, 3.8) is 0 Å². The molecule has 2 aromatic carbocycles.